The minimum absolute atomic E-state index is 0.841. The molecule has 0 heterocycles. The van der Waals surface area contributed by atoms with Gasteiger partial charge in [0.1, 0.15) is 0 Å². The van der Waals surface area contributed by atoms with Crippen molar-refractivity contribution in [2.75, 3.05) is 0 Å². The quantitative estimate of drug-likeness (QED) is 0.869. The Morgan fingerprint density at radius 1 is 0.650 bits per heavy atom. The van der Waals surface area contributed by atoms with Crippen LogP contribution in [0.4, 0.5) is 0 Å². The Bertz CT molecular complexity index is 557. The summed E-state index contributed by atoms with van der Waals surface area (Å²) in [4.78, 5) is 0. The van der Waals surface area contributed by atoms with Gasteiger partial charge in [-0.05, 0) is 47.5 Å². The molecule has 0 unspecified atom stereocenters. The Kier molecular flexibility index (Phi) is 5.01. The minimum Gasteiger partial charge on any atom is -0.405 e. The van der Waals surface area contributed by atoms with E-state index in [4.69, 9.17) is 11.5 Å². The first kappa shape index (κ1) is 13.9. The Morgan fingerprint density at radius 2 is 1.05 bits per heavy atom. The molecule has 0 aromatic heterocycles. The molecule has 0 amide bonds. The van der Waals surface area contributed by atoms with Crippen LogP contribution in [0.15, 0.2) is 73.1 Å². The molecule has 4 N–H and O–H groups in total. The van der Waals surface area contributed by atoms with E-state index >= 15 is 0 Å². The average Bonchev–Trinajstić information content (AvgIpc) is 2.51. The number of nitrogens with two attached hydrogens (primary N) is 2. The molecule has 2 aromatic carbocycles. The van der Waals surface area contributed by atoms with Gasteiger partial charge in [-0.1, -0.05) is 60.7 Å². The highest BCUT2D eigenvalue weighted by atomic mass is 14.5. The van der Waals surface area contributed by atoms with Gasteiger partial charge in [-0.15, -0.1) is 0 Å². The summed E-state index contributed by atoms with van der Waals surface area (Å²) in [6, 6.07) is 16.9. The van der Waals surface area contributed by atoms with Crippen molar-refractivity contribution >= 4 is 0 Å². The summed E-state index contributed by atoms with van der Waals surface area (Å²) < 4.78 is 0. The summed E-state index contributed by atoms with van der Waals surface area (Å²) in [7, 11) is 0. The summed E-state index contributed by atoms with van der Waals surface area (Å²) >= 11 is 0. The van der Waals surface area contributed by atoms with Gasteiger partial charge in [-0.2, -0.15) is 0 Å². The third-order valence-electron chi connectivity index (χ3n) is 3.27. The zero-order valence-electron chi connectivity index (χ0n) is 11.5. The lowest BCUT2D eigenvalue weighted by Gasteiger charge is -2.12. The molecule has 0 spiro atoms. The molecule has 2 aromatic rings. The molecule has 2 rings (SSSR count). The standard InChI is InChI=1S/C18H20N2/c19-13-5-9-15-7-1-3-11-17(15)18-12-4-2-8-16(18)10-6-14-20/h1-8,11-14H,9-10,19-20H2. The molecule has 0 bridgehead atoms. The Morgan fingerprint density at radius 3 is 1.45 bits per heavy atom. The molecule has 0 atom stereocenters. The number of benzene rings is 2. The first-order valence-corrected chi connectivity index (χ1v) is 6.76. The van der Waals surface area contributed by atoms with Crippen molar-refractivity contribution < 1.29 is 0 Å². The van der Waals surface area contributed by atoms with Crippen molar-refractivity contribution in [3.05, 3.63) is 84.2 Å². The van der Waals surface area contributed by atoms with Crippen LogP contribution in [0.5, 0.6) is 0 Å². The highest BCUT2D eigenvalue weighted by molar-refractivity contribution is 5.71. The lowest BCUT2D eigenvalue weighted by molar-refractivity contribution is 1.23. The summed E-state index contributed by atoms with van der Waals surface area (Å²) in [5, 5.41) is 0. The van der Waals surface area contributed by atoms with Crippen molar-refractivity contribution in [3.63, 3.8) is 0 Å². The molecule has 2 heteroatoms. The van der Waals surface area contributed by atoms with Gasteiger partial charge in [0, 0.05) is 0 Å². The molecular formula is C18H20N2. The molecule has 0 aliphatic carbocycles. The lowest BCUT2D eigenvalue weighted by Crippen LogP contribution is -1.93. The van der Waals surface area contributed by atoms with Gasteiger partial charge >= 0.3 is 0 Å². The third kappa shape index (κ3) is 3.29. The van der Waals surface area contributed by atoms with E-state index in [0.717, 1.165) is 12.8 Å². The van der Waals surface area contributed by atoms with Gasteiger partial charge in [-0.25, -0.2) is 0 Å². The number of rotatable bonds is 5. The second-order valence-corrected chi connectivity index (χ2v) is 4.58. The van der Waals surface area contributed by atoms with Crippen LogP contribution in [0.3, 0.4) is 0 Å². The summed E-state index contributed by atoms with van der Waals surface area (Å²) in [5.41, 5.74) is 16.0. The molecule has 0 saturated carbocycles. The molecule has 0 fully saturated rings. The molecular weight excluding hydrogens is 244 g/mol. The first-order chi connectivity index (χ1) is 9.86. The predicted molar refractivity (Wildman–Crippen MR) is 85.9 cm³/mol. The van der Waals surface area contributed by atoms with Crippen LogP contribution >= 0.6 is 0 Å². The zero-order valence-corrected chi connectivity index (χ0v) is 11.5. The van der Waals surface area contributed by atoms with E-state index in [1.807, 2.05) is 12.2 Å². The topological polar surface area (TPSA) is 52.0 Å². The van der Waals surface area contributed by atoms with Crippen molar-refractivity contribution in [2.24, 2.45) is 11.5 Å². The maximum absolute atomic E-state index is 5.46. The van der Waals surface area contributed by atoms with E-state index in [1.54, 1.807) is 12.4 Å². The SMILES string of the molecule is NC=CCc1ccccc1-c1ccccc1CC=CN. The van der Waals surface area contributed by atoms with Crippen molar-refractivity contribution in [1.29, 1.82) is 0 Å². The fraction of sp³-hybridized carbons (Fsp3) is 0.111. The molecule has 102 valence electrons. The van der Waals surface area contributed by atoms with Gasteiger partial charge in [0.2, 0.25) is 0 Å². The molecule has 2 nitrogen and oxygen atoms in total. The van der Waals surface area contributed by atoms with E-state index < -0.39 is 0 Å². The summed E-state index contributed by atoms with van der Waals surface area (Å²) in [5.74, 6) is 0. The molecule has 0 saturated heterocycles. The van der Waals surface area contributed by atoms with Crippen LogP contribution in [0.25, 0.3) is 11.1 Å². The molecule has 0 aliphatic rings. The number of hydrogen-bond donors (Lipinski definition) is 2. The second-order valence-electron chi connectivity index (χ2n) is 4.58. The monoisotopic (exact) mass is 264 g/mol. The minimum atomic E-state index is 0.841. The molecule has 0 aliphatic heterocycles. The first-order valence-electron chi connectivity index (χ1n) is 6.76. The summed E-state index contributed by atoms with van der Waals surface area (Å²) in [6.07, 6.45) is 8.82. The van der Waals surface area contributed by atoms with Gasteiger partial charge < -0.3 is 11.5 Å². The summed E-state index contributed by atoms with van der Waals surface area (Å²) in [6.45, 7) is 0. The van der Waals surface area contributed by atoms with E-state index in [2.05, 4.69) is 48.5 Å². The molecule has 20 heavy (non-hydrogen) atoms. The Hall–Kier alpha value is -2.48. The second kappa shape index (κ2) is 7.19. The van der Waals surface area contributed by atoms with Crippen LogP contribution in [0.2, 0.25) is 0 Å². The van der Waals surface area contributed by atoms with E-state index in [1.165, 1.54) is 22.3 Å². The fourth-order valence-corrected chi connectivity index (χ4v) is 2.31. The maximum atomic E-state index is 5.46. The van der Waals surface area contributed by atoms with Gasteiger partial charge in [0.05, 0.1) is 0 Å². The van der Waals surface area contributed by atoms with Gasteiger partial charge in [0.25, 0.3) is 0 Å². The maximum Gasteiger partial charge on any atom is -0.00741 e. The molecule has 0 radical (unpaired) electrons. The van der Waals surface area contributed by atoms with E-state index in [0.29, 0.717) is 0 Å². The van der Waals surface area contributed by atoms with Gasteiger partial charge in [-0.3, -0.25) is 0 Å². The Labute approximate surface area is 120 Å². The zero-order chi connectivity index (χ0) is 14.2. The Balaban J connectivity index is 2.45. The number of hydrogen-bond acceptors (Lipinski definition) is 2. The van der Waals surface area contributed by atoms with Crippen LogP contribution in [0.1, 0.15) is 11.1 Å². The fourth-order valence-electron chi connectivity index (χ4n) is 2.31. The van der Waals surface area contributed by atoms with Crippen LogP contribution in [-0.4, -0.2) is 0 Å². The van der Waals surface area contributed by atoms with E-state index in [-0.39, 0.29) is 0 Å². The van der Waals surface area contributed by atoms with Gasteiger partial charge in [0.15, 0.2) is 0 Å². The normalized spacial score (nSPS) is 11.4. The number of allylic oxidation sites excluding steroid dienone is 2. The largest absolute Gasteiger partial charge is 0.405 e. The highest BCUT2D eigenvalue weighted by Gasteiger charge is 2.07. The van der Waals surface area contributed by atoms with Crippen molar-refractivity contribution in [1.82, 2.24) is 0 Å². The lowest BCUT2D eigenvalue weighted by atomic mass is 9.93. The van der Waals surface area contributed by atoms with E-state index in [9.17, 15) is 0 Å². The third-order valence-corrected chi connectivity index (χ3v) is 3.27. The van der Waals surface area contributed by atoms with Crippen molar-refractivity contribution in [3.8, 4) is 11.1 Å². The average molecular weight is 264 g/mol. The predicted octanol–water partition coefficient (Wildman–Crippen LogP) is 3.38. The van der Waals surface area contributed by atoms with Crippen molar-refractivity contribution in [2.45, 2.75) is 12.8 Å². The van der Waals surface area contributed by atoms with Crippen LogP contribution in [0, 0.1) is 0 Å². The van der Waals surface area contributed by atoms with Crippen LogP contribution < -0.4 is 11.5 Å². The smallest absolute Gasteiger partial charge is 0.00741 e. The van der Waals surface area contributed by atoms with Crippen LogP contribution in [-0.2, 0) is 12.8 Å². The highest BCUT2D eigenvalue weighted by Crippen LogP contribution is 2.28.